The van der Waals surface area contributed by atoms with E-state index >= 15 is 0 Å². The summed E-state index contributed by atoms with van der Waals surface area (Å²) < 4.78 is 0. The number of rotatable bonds is 3. The molecule has 0 aliphatic carbocycles. The van der Waals surface area contributed by atoms with Crippen molar-refractivity contribution in [2.45, 2.75) is 25.7 Å². The van der Waals surface area contributed by atoms with E-state index in [0.717, 1.165) is 28.6 Å². The number of nitriles is 1. The van der Waals surface area contributed by atoms with Crippen molar-refractivity contribution in [3.8, 4) is 6.07 Å². The van der Waals surface area contributed by atoms with Crippen LogP contribution in [-0.4, -0.2) is 23.4 Å². The van der Waals surface area contributed by atoms with Gasteiger partial charge in [-0.1, -0.05) is 61.2 Å². The first kappa shape index (κ1) is 17.7. The zero-order valence-electron chi connectivity index (χ0n) is 15.3. The Morgan fingerprint density at radius 1 is 1.15 bits per heavy atom. The fraction of sp³-hybridized carbons (Fsp3) is 0.273. The van der Waals surface area contributed by atoms with Crippen molar-refractivity contribution in [2.75, 3.05) is 17.4 Å². The highest BCUT2D eigenvalue weighted by Crippen LogP contribution is 2.43. The summed E-state index contributed by atoms with van der Waals surface area (Å²) in [7, 11) is 0. The number of thioether (sulfide) groups is 1. The van der Waals surface area contributed by atoms with Crippen LogP contribution >= 0.6 is 11.8 Å². The van der Waals surface area contributed by atoms with E-state index in [9.17, 15) is 10.1 Å². The second-order valence-electron chi connectivity index (χ2n) is 6.79. The number of allylic oxidation sites excluding steroid dienone is 1. The quantitative estimate of drug-likeness (QED) is 0.794. The van der Waals surface area contributed by atoms with Gasteiger partial charge in [-0.25, -0.2) is 0 Å². The number of hydrogen-bond acceptors (Lipinski definition) is 4. The number of amides is 1. The van der Waals surface area contributed by atoms with Crippen molar-refractivity contribution < 1.29 is 4.79 Å². The first-order chi connectivity index (χ1) is 13.2. The third-order valence-corrected chi connectivity index (χ3v) is 6.36. The summed E-state index contributed by atoms with van der Waals surface area (Å²) in [4.78, 5) is 16.9. The van der Waals surface area contributed by atoms with Gasteiger partial charge in [-0.2, -0.15) is 5.26 Å². The number of anilines is 1. The van der Waals surface area contributed by atoms with Gasteiger partial charge in [0.15, 0.2) is 0 Å². The van der Waals surface area contributed by atoms with Crippen molar-refractivity contribution in [3.63, 3.8) is 0 Å². The van der Waals surface area contributed by atoms with Crippen LogP contribution in [0.25, 0.3) is 0 Å². The molecule has 2 aliphatic rings. The summed E-state index contributed by atoms with van der Waals surface area (Å²) in [5.41, 5.74) is 4.16. The van der Waals surface area contributed by atoms with E-state index in [2.05, 4.69) is 42.2 Å². The summed E-state index contributed by atoms with van der Waals surface area (Å²) in [6.45, 7) is 2.64. The molecule has 27 heavy (non-hydrogen) atoms. The average Bonchev–Trinajstić information content (AvgIpc) is 2.74. The predicted octanol–water partition coefficient (Wildman–Crippen LogP) is 4.47. The number of aryl methyl sites for hydroxylation is 1. The van der Waals surface area contributed by atoms with E-state index in [0.29, 0.717) is 18.7 Å². The second kappa shape index (κ2) is 7.50. The molecule has 2 aromatic rings. The Balaban J connectivity index is 1.63. The minimum atomic E-state index is -0.141. The monoisotopic (exact) mass is 375 g/mol. The van der Waals surface area contributed by atoms with Crippen LogP contribution in [0.15, 0.2) is 65.2 Å². The Kier molecular flexibility index (Phi) is 4.91. The minimum Gasteiger partial charge on any atom is -0.344 e. The van der Waals surface area contributed by atoms with E-state index in [4.69, 9.17) is 0 Å². The molecular weight excluding hydrogens is 354 g/mol. The van der Waals surface area contributed by atoms with Crippen molar-refractivity contribution >= 4 is 23.4 Å². The van der Waals surface area contributed by atoms with Crippen LogP contribution in [0.4, 0.5) is 5.69 Å². The zero-order chi connectivity index (χ0) is 18.8. The molecule has 0 bridgehead atoms. The summed E-state index contributed by atoms with van der Waals surface area (Å²) >= 11 is 1.58. The Bertz CT molecular complexity index is 915. The van der Waals surface area contributed by atoms with Gasteiger partial charge in [0.25, 0.3) is 0 Å². The minimum absolute atomic E-state index is 0.0835. The lowest BCUT2D eigenvalue weighted by Crippen LogP contribution is -2.47. The molecule has 0 saturated carbocycles. The highest BCUT2D eigenvalue weighted by Gasteiger charge is 2.38. The Morgan fingerprint density at radius 2 is 1.89 bits per heavy atom. The fourth-order valence-corrected chi connectivity index (χ4v) is 4.81. The third kappa shape index (κ3) is 3.33. The standard InChI is InChI=1S/C22H21N3OS/c1-2-16-8-10-18(11-9-16)24-14-25-21(26)12-19(17-6-4-3-5-7-17)20(13-23)22(25)27-15-24/h3-11,19H,2,12,14-15H2,1H3. The summed E-state index contributed by atoms with van der Waals surface area (Å²) in [5, 5.41) is 10.6. The number of carbonyl (C=O) groups is 1. The largest absolute Gasteiger partial charge is 0.344 e. The highest BCUT2D eigenvalue weighted by atomic mass is 32.2. The van der Waals surface area contributed by atoms with Crippen molar-refractivity contribution in [1.29, 1.82) is 5.26 Å². The molecule has 136 valence electrons. The molecule has 4 rings (SSSR count). The van der Waals surface area contributed by atoms with E-state index in [1.54, 1.807) is 16.7 Å². The molecular formula is C22H21N3OS. The van der Waals surface area contributed by atoms with Gasteiger partial charge in [-0.3, -0.25) is 9.69 Å². The Hall–Kier alpha value is -2.71. The first-order valence-corrected chi connectivity index (χ1v) is 10.2. The maximum absolute atomic E-state index is 12.9. The van der Waals surface area contributed by atoms with E-state index in [1.807, 2.05) is 30.3 Å². The summed E-state index contributed by atoms with van der Waals surface area (Å²) in [5.74, 6) is 0.676. The highest BCUT2D eigenvalue weighted by molar-refractivity contribution is 8.03. The molecule has 4 nitrogen and oxygen atoms in total. The molecule has 1 unspecified atom stereocenters. The van der Waals surface area contributed by atoms with Crippen LogP contribution in [0, 0.1) is 11.3 Å². The van der Waals surface area contributed by atoms with Crippen molar-refractivity contribution in [3.05, 3.63) is 76.3 Å². The topological polar surface area (TPSA) is 47.3 Å². The molecule has 0 radical (unpaired) electrons. The SMILES string of the molecule is CCc1ccc(N2CSC3=C(C#N)C(c4ccccc4)CC(=O)N3C2)cc1. The van der Waals surface area contributed by atoms with Gasteiger partial charge in [0.1, 0.15) is 0 Å². The lowest BCUT2D eigenvalue weighted by Gasteiger charge is -2.42. The van der Waals surface area contributed by atoms with Gasteiger partial charge in [0.05, 0.1) is 29.2 Å². The van der Waals surface area contributed by atoms with E-state index < -0.39 is 0 Å². The van der Waals surface area contributed by atoms with Gasteiger partial charge in [0.2, 0.25) is 5.91 Å². The molecule has 0 N–H and O–H groups in total. The molecule has 0 aromatic heterocycles. The third-order valence-electron chi connectivity index (χ3n) is 5.21. The van der Waals surface area contributed by atoms with Gasteiger partial charge in [-0.15, -0.1) is 0 Å². The molecule has 0 spiro atoms. The number of fused-ring (bicyclic) bond motifs is 1. The van der Waals surface area contributed by atoms with Crippen LogP contribution < -0.4 is 4.90 Å². The first-order valence-electron chi connectivity index (χ1n) is 9.17. The van der Waals surface area contributed by atoms with Gasteiger partial charge in [0, 0.05) is 18.0 Å². The van der Waals surface area contributed by atoms with Crippen molar-refractivity contribution in [1.82, 2.24) is 4.90 Å². The number of benzene rings is 2. The van der Waals surface area contributed by atoms with E-state index in [1.165, 1.54) is 5.56 Å². The smallest absolute Gasteiger partial charge is 0.229 e. The molecule has 1 fully saturated rings. The Morgan fingerprint density at radius 3 is 2.56 bits per heavy atom. The van der Waals surface area contributed by atoms with Gasteiger partial charge >= 0.3 is 0 Å². The second-order valence-corrected chi connectivity index (χ2v) is 7.73. The lowest BCUT2D eigenvalue weighted by atomic mass is 9.86. The Labute approximate surface area is 164 Å². The van der Waals surface area contributed by atoms with Gasteiger partial charge < -0.3 is 4.90 Å². The molecule has 1 atom stereocenters. The van der Waals surface area contributed by atoms with Crippen molar-refractivity contribution in [2.24, 2.45) is 0 Å². The molecule has 2 aromatic carbocycles. The number of hydrogen-bond donors (Lipinski definition) is 0. The maximum atomic E-state index is 12.9. The predicted molar refractivity (Wildman–Crippen MR) is 109 cm³/mol. The summed E-state index contributed by atoms with van der Waals surface area (Å²) in [6.07, 6.45) is 1.36. The van der Waals surface area contributed by atoms with Crippen LogP contribution in [0.2, 0.25) is 0 Å². The molecule has 1 saturated heterocycles. The maximum Gasteiger partial charge on any atom is 0.229 e. The van der Waals surface area contributed by atoms with E-state index in [-0.39, 0.29) is 11.8 Å². The molecule has 1 amide bonds. The molecule has 2 aliphatic heterocycles. The molecule has 5 heteroatoms. The lowest BCUT2D eigenvalue weighted by molar-refractivity contribution is -0.129. The number of nitrogens with zero attached hydrogens (tertiary/aromatic N) is 3. The average molecular weight is 375 g/mol. The molecule has 2 heterocycles. The van der Waals surface area contributed by atoms with Crippen LogP contribution in [0.3, 0.4) is 0 Å². The normalized spacial score (nSPS) is 19.7. The van der Waals surface area contributed by atoms with Crippen LogP contribution in [0.5, 0.6) is 0 Å². The fourth-order valence-electron chi connectivity index (χ4n) is 3.64. The summed E-state index contributed by atoms with van der Waals surface area (Å²) in [6, 6.07) is 20.8. The van der Waals surface area contributed by atoms with Gasteiger partial charge in [-0.05, 0) is 29.7 Å². The zero-order valence-corrected chi connectivity index (χ0v) is 16.1. The van der Waals surface area contributed by atoms with Crippen LogP contribution in [-0.2, 0) is 11.2 Å². The van der Waals surface area contributed by atoms with Crippen LogP contribution in [0.1, 0.15) is 30.4 Å². The number of carbonyl (C=O) groups excluding carboxylic acids is 1.